The number of nitrogens with zero attached hydrogens (tertiary/aromatic N) is 1. The summed E-state index contributed by atoms with van der Waals surface area (Å²) in [6.07, 6.45) is 2.03. The summed E-state index contributed by atoms with van der Waals surface area (Å²) in [5.74, 6) is 1.28. The Hall–Kier alpha value is -2.34. The number of para-hydroxylation sites is 1. The fourth-order valence-corrected chi connectivity index (χ4v) is 3.97. The number of rotatable bonds is 6. The highest BCUT2D eigenvalue weighted by Gasteiger charge is 2.23. The van der Waals surface area contributed by atoms with E-state index in [0.717, 1.165) is 36.0 Å². The van der Waals surface area contributed by atoms with Crippen molar-refractivity contribution in [1.29, 1.82) is 0 Å². The van der Waals surface area contributed by atoms with Gasteiger partial charge in [0, 0.05) is 17.6 Å². The quantitative estimate of drug-likeness (QED) is 0.606. The van der Waals surface area contributed by atoms with Crippen molar-refractivity contribution in [2.24, 2.45) is 5.92 Å². The topological polar surface area (TPSA) is 58.6 Å². The van der Waals surface area contributed by atoms with Crippen molar-refractivity contribution in [2.75, 3.05) is 25.0 Å². The molecule has 1 N–H and O–H groups in total. The molecule has 3 rings (SSSR count). The highest BCUT2D eigenvalue weighted by atomic mass is 79.9. The zero-order valence-electron chi connectivity index (χ0n) is 17.8. The maximum absolute atomic E-state index is 13.0. The van der Waals surface area contributed by atoms with E-state index in [2.05, 4.69) is 42.0 Å². The second kappa shape index (κ2) is 10.1. The normalized spacial score (nSPS) is 14.6. The molecular weight excluding hydrogens is 444 g/mol. The van der Waals surface area contributed by atoms with Crippen LogP contribution in [0.5, 0.6) is 5.75 Å². The first kappa shape index (κ1) is 22.3. The fourth-order valence-electron chi connectivity index (χ4n) is 3.59. The maximum atomic E-state index is 13.0. The lowest BCUT2D eigenvalue weighted by molar-refractivity contribution is -0.118. The fraction of sp³-hybridized carbons (Fsp3) is 0.417. The molecule has 30 heavy (non-hydrogen) atoms. The van der Waals surface area contributed by atoms with Crippen LogP contribution in [0, 0.1) is 5.92 Å². The van der Waals surface area contributed by atoms with Gasteiger partial charge < -0.3 is 15.0 Å². The predicted octanol–water partition coefficient (Wildman–Crippen LogP) is 5.46. The van der Waals surface area contributed by atoms with Gasteiger partial charge in [0.2, 0.25) is 0 Å². The Kier molecular flexibility index (Phi) is 7.53. The summed E-state index contributed by atoms with van der Waals surface area (Å²) in [7, 11) is 0. The smallest absolute Gasteiger partial charge is 0.262 e. The minimum atomic E-state index is -0.292. The highest BCUT2D eigenvalue weighted by Crippen LogP contribution is 2.29. The molecule has 0 radical (unpaired) electrons. The van der Waals surface area contributed by atoms with Crippen LogP contribution >= 0.6 is 15.9 Å². The lowest BCUT2D eigenvalue weighted by Gasteiger charge is -2.30. The van der Waals surface area contributed by atoms with Crippen LogP contribution in [0.15, 0.2) is 46.9 Å². The van der Waals surface area contributed by atoms with E-state index in [1.165, 1.54) is 0 Å². The molecule has 0 aromatic heterocycles. The van der Waals surface area contributed by atoms with Gasteiger partial charge in [0.25, 0.3) is 11.8 Å². The van der Waals surface area contributed by atoms with Crippen molar-refractivity contribution in [3.05, 3.63) is 58.1 Å². The third kappa shape index (κ3) is 5.63. The van der Waals surface area contributed by atoms with E-state index in [1.807, 2.05) is 35.2 Å². The van der Waals surface area contributed by atoms with Gasteiger partial charge in [0.05, 0.1) is 11.3 Å². The first-order valence-electron chi connectivity index (χ1n) is 10.5. The van der Waals surface area contributed by atoms with Crippen LogP contribution in [0.3, 0.4) is 0 Å². The van der Waals surface area contributed by atoms with Crippen LogP contribution in [-0.2, 0) is 4.79 Å². The molecule has 2 aromatic carbocycles. The van der Waals surface area contributed by atoms with Gasteiger partial charge in [-0.25, -0.2) is 0 Å². The molecule has 2 aromatic rings. The van der Waals surface area contributed by atoms with E-state index in [4.69, 9.17) is 4.74 Å². The van der Waals surface area contributed by atoms with Crippen molar-refractivity contribution in [1.82, 2.24) is 4.90 Å². The number of nitrogens with one attached hydrogen (secondary N) is 1. The van der Waals surface area contributed by atoms with Gasteiger partial charge in [-0.3, -0.25) is 9.59 Å². The molecule has 1 aliphatic rings. The first-order chi connectivity index (χ1) is 14.3. The van der Waals surface area contributed by atoms with Crippen molar-refractivity contribution in [2.45, 2.75) is 39.5 Å². The highest BCUT2D eigenvalue weighted by molar-refractivity contribution is 9.10. The molecule has 2 amide bonds. The second-order valence-electron chi connectivity index (χ2n) is 8.19. The Morgan fingerprint density at radius 2 is 1.87 bits per heavy atom. The number of carbonyl (C=O) groups excluding carboxylic acids is 2. The van der Waals surface area contributed by atoms with E-state index in [1.54, 1.807) is 12.1 Å². The average Bonchev–Trinajstić information content (AvgIpc) is 2.73. The first-order valence-corrected chi connectivity index (χ1v) is 11.2. The van der Waals surface area contributed by atoms with Crippen LogP contribution < -0.4 is 10.1 Å². The van der Waals surface area contributed by atoms with Crippen molar-refractivity contribution in [3.63, 3.8) is 0 Å². The van der Waals surface area contributed by atoms with Crippen LogP contribution in [0.4, 0.5) is 5.69 Å². The SMILES string of the molecule is CC1CCN(C(=O)c2ccccc2NC(=O)COc2ccc(Br)cc2C(C)C)CC1. The molecule has 6 heteroatoms. The lowest BCUT2D eigenvalue weighted by Crippen LogP contribution is -2.38. The maximum Gasteiger partial charge on any atom is 0.262 e. The molecule has 1 fully saturated rings. The van der Waals surface area contributed by atoms with Gasteiger partial charge in [0.15, 0.2) is 6.61 Å². The monoisotopic (exact) mass is 472 g/mol. The summed E-state index contributed by atoms with van der Waals surface area (Å²) in [5.41, 5.74) is 2.08. The van der Waals surface area contributed by atoms with E-state index in [9.17, 15) is 9.59 Å². The van der Waals surface area contributed by atoms with E-state index in [0.29, 0.717) is 22.9 Å². The number of carbonyl (C=O) groups is 2. The summed E-state index contributed by atoms with van der Waals surface area (Å²) < 4.78 is 6.76. The zero-order valence-corrected chi connectivity index (χ0v) is 19.4. The molecule has 0 unspecified atom stereocenters. The molecule has 0 bridgehead atoms. The van der Waals surface area contributed by atoms with Gasteiger partial charge in [-0.05, 0) is 60.6 Å². The Labute approximate surface area is 186 Å². The van der Waals surface area contributed by atoms with Crippen LogP contribution in [0.25, 0.3) is 0 Å². The molecular formula is C24H29BrN2O3. The van der Waals surface area contributed by atoms with E-state index < -0.39 is 0 Å². The number of hydrogen-bond acceptors (Lipinski definition) is 3. The van der Waals surface area contributed by atoms with E-state index >= 15 is 0 Å². The van der Waals surface area contributed by atoms with E-state index in [-0.39, 0.29) is 24.3 Å². The number of hydrogen-bond donors (Lipinski definition) is 1. The zero-order chi connectivity index (χ0) is 21.7. The van der Waals surface area contributed by atoms with Crippen molar-refractivity contribution < 1.29 is 14.3 Å². The standard InChI is InChI=1S/C24H29BrN2O3/c1-16(2)20-14-18(25)8-9-22(20)30-15-23(28)26-21-7-5-4-6-19(21)24(29)27-12-10-17(3)11-13-27/h4-9,14,16-17H,10-13,15H2,1-3H3,(H,26,28). The second-order valence-corrected chi connectivity index (χ2v) is 9.11. The Morgan fingerprint density at radius 3 is 2.57 bits per heavy atom. The molecule has 1 saturated heterocycles. The Bertz CT molecular complexity index is 905. The molecule has 0 atom stereocenters. The van der Waals surface area contributed by atoms with Gasteiger partial charge in [-0.1, -0.05) is 48.8 Å². The van der Waals surface area contributed by atoms with Gasteiger partial charge >= 0.3 is 0 Å². The van der Waals surface area contributed by atoms with Crippen LogP contribution in [0.2, 0.25) is 0 Å². The molecule has 0 spiro atoms. The summed E-state index contributed by atoms with van der Waals surface area (Å²) in [4.78, 5) is 27.4. The number of benzene rings is 2. The van der Waals surface area contributed by atoms with Crippen LogP contribution in [0.1, 0.15) is 55.5 Å². The number of anilines is 1. The lowest BCUT2D eigenvalue weighted by atomic mass is 9.98. The third-order valence-corrected chi connectivity index (χ3v) is 5.95. The number of amides is 2. The number of halogens is 1. The summed E-state index contributed by atoms with van der Waals surface area (Å²) in [6.45, 7) is 7.77. The third-order valence-electron chi connectivity index (χ3n) is 5.46. The molecule has 5 nitrogen and oxygen atoms in total. The summed E-state index contributed by atoms with van der Waals surface area (Å²) in [6, 6.07) is 12.9. The van der Waals surface area contributed by atoms with Crippen molar-refractivity contribution in [3.8, 4) is 5.75 Å². The number of piperidine rings is 1. The minimum absolute atomic E-state index is 0.0336. The van der Waals surface area contributed by atoms with Gasteiger partial charge in [-0.15, -0.1) is 0 Å². The minimum Gasteiger partial charge on any atom is -0.483 e. The molecule has 160 valence electrons. The van der Waals surface area contributed by atoms with Crippen molar-refractivity contribution >= 4 is 33.4 Å². The molecule has 1 aliphatic heterocycles. The Balaban J connectivity index is 1.66. The van der Waals surface area contributed by atoms with Gasteiger partial charge in [0.1, 0.15) is 5.75 Å². The average molecular weight is 473 g/mol. The summed E-state index contributed by atoms with van der Waals surface area (Å²) in [5, 5.41) is 2.85. The molecule has 0 aliphatic carbocycles. The number of ether oxygens (including phenoxy) is 1. The molecule has 0 saturated carbocycles. The predicted molar refractivity (Wildman–Crippen MR) is 123 cm³/mol. The Morgan fingerprint density at radius 1 is 1.17 bits per heavy atom. The summed E-state index contributed by atoms with van der Waals surface area (Å²) >= 11 is 3.48. The molecule has 1 heterocycles. The van der Waals surface area contributed by atoms with Gasteiger partial charge in [-0.2, -0.15) is 0 Å². The largest absolute Gasteiger partial charge is 0.483 e. The van der Waals surface area contributed by atoms with Crippen LogP contribution in [-0.4, -0.2) is 36.4 Å². The number of likely N-dealkylation sites (tertiary alicyclic amines) is 1.